The topological polar surface area (TPSA) is 76.9 Å². The van der Waals surface area contributed by atoms with Crippen molar-refractivity contribution in [2.75, 3.05) is 40.4 Å². The van der Waals surface area contributed by atoms with Crippen molar-refractivity contribution in [3.05, 3.63) is 27.8 Å². The molecule has 1 aliphatic rings. The van der Waals surface area contributed by atoms with E-state index in [-0.39, 0.29) is 41.5 Å². The highest BCUT2D eigenvalue weighted by Crippen LogP contribution is 2.40. The monoisotopic (exact) mass is 409 g/mol. The smallest absolute Gasteiger partial charge is 0.278 e. The van der Waals surface area contributed by atoms with Crippen LogP contribution in [0.3, 0.4) is 0 Å². The molecule has 0 aliphatic carbocycles. The molecule has 0 unspecified atom stereocenters. The molecule has 1 aliphatic heterocycles. The van der Waals surface area contributed by atoms with Crippen LogP contribution in [0.1, 0.15) is 37.8 Å². The molecule has 0 aromatic heterocycles. The largest absolute Gasteiger partial charge is 0.493 e. The molecule has 1 atom stereocenters. The Bertz CT molecular complexity index is 569. The predicted octanol–water partition coefficient (Wildman–Crippen LogP) is 3.59. The number of ether oxygens (including phenoxy) is 2. The normalized spacial score (nSPS) is 15.3. The minimum atomic E-state index is -0.321. The zero-order chi connectivity index (χ0) is 17.5. The summed E-state index contributed by atoms with van der Waals surface area (Å²) in [5.74, 6) is 0.928. The molecule has 1 fully saturated rings. The number of rotatable bonds is 8. The van der Waals surface area contributed by atoms with Crippen LogP contribution in [0.5, 0.6) is 11.5 Å². The fourth-order valence-corrected chi connectivity index (χ4v) is 3.24. The Balaban J connectivity index is 0.00000312. The molecule has 0 spiro atoms. The van der Waals surface area contributed by atoms with E-state index in [1.165, 1.54) is 13.2 Å². The maximum absolute atomic E-state index is 11.6. The summed E-state index contributed by atoms with van der Waals surface area (Å²) in [6.07, 6.45) is 2.98. The number of halogens is 2. The van der Waals surface area contributed by atoms with E-state index in [4.69, 9.17) is 9.47 Å². The predicted molar refractivity (Wildman–Crippen MR) is 107 cm³/mol. The lowest BCUT2D eigenvalue weighted by Crippen LogP contribution is -2.45. The fraction of sp³-hybridized carbons (Fsp3) is 0.647. The first-order chi connectivity index (χ1) is 11.6. The van der Waals surface area contributed by atoms with Crippen molar-refractivity contribution in [3.8, 4) is 11.5 Å². The molecule has 0 radical (unpaired) electrons. The van der Waals surface area contributed by atoms with Crippen LogP contribution in [-0.2, 0) is 0 Å². The quantitative estimate of drug-likeness (QED) is 0.521. The van der Waals surface area contributed by atoms with E-state index in [1.54, 1.807) is 13.2 Å². The van der Waals surface area contributed by atoms with E-state index in [1.807, 2.05) is 0 Å². The summed E-state index contributed by atoms with van der Waals surface area (Å²) in [7, 11) is 3.05. The zero-order valence-electron chi connectivity index (χ0n) is 15.5. The first-order valence-corrected chi connectivity index (χ1v) is 8.47. The van der Waals surface area contributed by atoms with Gasteiger partial charge in [0.15, 0.2) is 11.5 Å². The van der Waals surface area contributed by atoms with Crippen molar-refractivity contribution >= 4 is 30.5 Å². The lowest BCUT2D eigenvalue weighted by molar-refractivity contribution is -0.386. The van der Waals surface area contributed by atoms with Gasteiger partial charge < -0.3 is 14.8 Å². The summed E-state index contributed by atoms with van der Waals surface area (Å²) in [6.45, 7) is 5.73. The van der Waals surface area contributed by atoms with Crippen molar-refractivity contribution < 1.29 is 14.4 Å². The van der Waals surface area contributed by atoms with Crippen molar-refractivity contribution in [1.82, 2.24) is 10.2 Å². The number of benzene rings is 1. The second kappa shape index (κ2) is 12.2. The molecule has 1 N–H and O–H groups in total. The van der Waals surface area contributed by atoms with Gasteiger partial charge in [0.1, 0.15) is 0 Å². The van der Waals surface area contributed by atoms with Crippen LogP contribution in [0.15, 0.2) is 12.1 Å². The van der Waals surface area contributed by atoms with Crippen LogP contribution in [0.4, 0.5) is 5.69 Å². The standard InChI is InChI=1S/C17H27N3O4.2ClH/c1-4-5-6-14(19-9-7-18-8-10-19)13-11-16(23-2)17(24-3)12-15(13)20(21)22;;/h11-12,14,18H,4-10H2,1-3H3;2*1H/t14-;;/m1../s1. The molecule has 150 valence electrons. The Kier molecular flexibility index (Phi) is 11.6. The number of hydrogen-bond acceptors (Lipinski definition) is 6. The molecular weight excluding hydrogens is 381 g/mol. The summed E-state index contributed by atoms with van der Waals surface area (Å²) in [4.78, 5) is 13.6. The number of piperazine rings is 1. The third-order valence-electron chi connectivity index (χ3n) is 4.51. The van der Waals surface area contributed by atoms with E-state index in [9.17, 15) is 10.1 Å². The van der Waals surface area contributed by atoms with E-state index in [2.05, 4.69) is 17.1 Å². The molecule has 1 aromatic carbocycles. The average Bonchev–Trinajstić information content (AvgIpc) is 2.62. The Labute approximate surface area is 167 Å². The van der Waals surface area contributed by atoms with Gasteiger partial charge in [-0.1, -0.05) is 19.8 Å². The SMILES string of the molecule is CCCC[C@H](c1cc(OC)c(OC)cc1[N+](=O)[O-])N1CCNCC1.Cl.Cl. The molecule has 7 nitrogen and oxygen atoms in total. The maximum Gasteiger partial charge on any atom is 0.278 e. The van der Waals surface area contributed by atoms with Gasteiger partial charge in [-0.2, -0.15) is 0 Å². The van der Waals surface area contributed by atoms with Gasteiger partial charge in [0.25, 0.3) is 5.69 Å². The molecule has 0 amide bonds. The van der Waals surface area contributed by atoms with Crippen molar-refractivity contribution in [2.45, 2.75) is 32.2 Å². The number of nitrogens with one attached hydrogen (secondary N) is 1. The van der Waals surface area contributed by atoms with E-state index < -0.39 is 0 Å². The van der Waals surface area contributed by atoms with Crippen LogP contribution in [0.25, 0.3) is 0 Å². The molecule has 9 heteroatoms. The molecule has 1 heterocycles. The molecule has 1 saturated heterocycles. The van der Waals surface area contributed by atoms with Crippen molar-refractivity contribution in [1.29, 1.82) is 0 Å². The van der Waals surface area contributed by atoms with Crippen LogP contribution in [0, 0.1) is 10.1 Å². The second-order valence-corrected chi connectivity index (χ2v) is 5.97. The van der Waals surface area contributed by atoms with Gasteiger partial charge in [0, 0.05) is 32.2 Å². The first kappa shape index (κ1) is 24.7. The molecule has 1 aromatic rings. The van der Waals surface area contributed by atoms with Crippen LogP contribution >= 0.6 is 24.8 Å². The number of nitro groups is 1. The average molecular weight is 410 g/mol. The molecular formula is C17H29Cl2N3O4. The van der Waals surface area contributed by atoms with Gasteiger partial charge in [0.2, 0.25) is 0 Å². The number of nitro benzene ring substituents is 1. The Morgan fingerprint density at radius 1 is 1.19 bits per heavy atom. The summed E-state index contributed by atoms with van der Waals surface area (Å²) in [5, 5.41) is 15.0. The number of hydrogen-bond donors (Lipinski definition) is 1. The van der Waals surface area contributed by atoms with E-state index >= 15 is 0 Å². The molecule has 26 heavy (non-hydrogen) atoms. The summed E-state index contributed by atoms with van der Waals surface area (Å²) in [5.41, 5.74) is 0.820. The fourth-order valence-electron chi connectivity index (χ4n) is 3.24. The Morgan fingerprint density at radius 3 is 2.27 bits per heavy atom. The molecule has 2 rings (SSSR count). The highest BCUT2D eigenvalue weighted by Gasteiger charge is 2.30. The van der Waals surface area contributed by atoms with Crippen molar-refractivity contribution in [3.63, 3.8) is 0 Å². The van der Waals surface area contributed by atoms with E-state index in [0.29, 0.717) is 17.1 Å². The minimum absolute atomic E-state index is 0. The lowest BCUT2D eigenvalue weighted by Gasteiger charge is -2.35. The highest BCUT2D eigenvalue weighted by atomic mass is 35.5. The van der Waals surface area contributed by atoms with Gasteiger partial charge >= 0.3 is 0 Å². The maximum atomic E-state index is 11.6. The van der Waals surface area contributed by atoms with E-state index in [0.717, 1.165) is 45.4 Å². The zero-order valence-corrected chi connectivity index (χ0v) is 17.2. The van der Waals surface area contributed by atoms with Gasteiger partial charge in [0.05, 0.1) is 30.8 Å². The summed E-state index contributed by atoms with van der Waals surface area (Å²) < 4.78 is 10.6. The summed E-state index contributed by atoms with van der Waals surface area (Å²) in [6, 6.07) is 3.28. The van der Waals surface area contributed by atoms with Gasteiger partial charge in [-0.25, -0.2) is 0 Å². The third-order valence-corrected chi connectivity index (χ3v) is 4.51. The third kappa shape index (κ3) is 5.87. The number of nitrogens with zero attached hydrogens (tertiary/aromatic N) is 2. The van der Waals surface area contributed by atoms with Gasteiger partial charge in [-0.3, -0.25) is 15.0 Å². The van der Waals surface area contributed by atoms with Gasteiger partial charge in [-0.05, 0) is 12.5 Å². The first-order valence-electron chi connectivity index (χ1n) is 8.47. The molecule has 0 saturated carbocycles. The van der Waals surface area contributed by atoms with Gasteiger partial charge in [-0.15, -0.1) is 24.8 Å². The number of methoxy groups -OCH3 is 2. The number of unbranched alkanes of at least 4 members (excludes halogenated alkanes) is 1. The highest BCUT2D eigenvalue weighted by molar-refractivity contribution is 5.85. The summed E-state index contributed by atoms with van der Waals surface area (Å²) >= 11 is 0. The lowest BCUT2D eigenvalue weighted by atomic mass is 9.96. The minimum Gasteiger partial charge on any atom is -0.493 e. The van der Waals surface area contributed by atoms with Crippen molar-refractivity contribution in [2.24, 2.45) is 0 Å². The van der Waals surface area contributed by atoms with Crippen LogP contribution in [-0.4, -0.2) is 50.2 Å². The van der Waals surface area contributed by atoms with Crippen LogP contribution < -0.4 is 14.8 Å². The van der Waals surface area contributed by atoms with Crippen LogP contribution in [0.2, 0.25) is 0 Å². The Morgan fingerprint density at radius 2 is 1.77 bits per heavy atom. The second-order valence-electron chi connectivity index (χ2n) is 5.97. The molecule has 0 bridgehead atoms. The Hall–Kier alpha value is -1.28.